The van der Waals surface area contributed by atoms with Crippen molar-refractivity contribution in [3.63, 3.8) is 0 Å². The van der Waals surface area contributed by atoms with Crippen LogP contribution in [0.1, 0.15) is 15.9 Å². The molecule has 2 aromatic carbocycles. The largest absolute Gasteiger partial charge is 0.482 e. The molecule has 3 rings (SSSR count). The van der Waals surface area contributed by atoms with Crippen LogP contribution in [0.4, 0.5) is 11.4 Å². The number of benzene rings is 2. The number of hydrogen-bond acceptors (Lipinski definition) is 3. The van der Waals surface area contributed by atoms with E-state index in [0.717, 1.165) is 5.56 Å². The van der Waals surface area contributed by atoms with Crippen molar-refractivity contribution in [2.75, 3.05) is 23.4 Å². The zero-order valence-corrected chi connectivity index (χ0v) is 13.4. The number of aryl methyl sites for hydroxylation is 1. The third-order valence-corrected chi connectivity index (χ3v) is 3.79. The van der Waals surface area contributed by atoms with Gasteiger partial charge in [0.05, 0.1) is 5.69 Å². The molecule has 5 heteroatoms. The summed E-state index contributed by atoms with van der Waals surface area (Å²) in [5, 5.41) is 2.85. The molecule has 1 heterocycles. The normalized spacial score (nSPS) is 13.0. The maximum absolute atomic E-state index is 12.3. The van der Waals surface area contributed by atoms with Gasteiger partial charge in [0.2, 0.25) is 0 Å². The van der Waals surface area contributed by atoms with Gasteiger partial charge in [0.15, 0.2) is 6.61 Å². The van der Waals surface area contributed by atoms with E-state index in [-0.39, 0.29) is 18.4 Å². The van der Waals surface area contributed by atoms with Crippen LogP contribution in [0.5, 0.6) is 5.75 Å². The fourth-order valence-corrected chi connectivity index (χ4v) is 2.52. The molecule has 1 aliphatic rings. The van der Waals surface area contributed by atoms with Crippen molar-refractivity contribution in [2.24, 2.45) is 0 Å². The molecule has 5 nitrogen and oxygen atoms in total. The molecular weight excluding hydrogens is 304 g/mol. The van der Waals surface area contributed by atoms with E-state index in [1.165, 1.54) is 0 Å². The van der Waals surface area contributed by atoms with Crippen LogP contribution in [0.25, 0.3) is 0 Å². The summed E-state index contributed by atoms with van der Waals surface area (Å²) in [6.45, 7) is 6.05. The molecule has 1 aliphatic heterocycles. The van der Waals surface area contributed by atoms with Gasteiger partial charge >= 0.3 is 0 Å². The second kappa shape index (κ2) is 6.58. The summed E-state index contributed by atoms with van der Waals surface area (Å²) in [7, 11) is 0. The van der Waals surface area contributed by atoms with E-state index < -0.39 is 0 Å². The van der Waals surface area contributed by atoms with Crippen LogP contribution < -0.4 is 15.0 Å². The van der Waals surface area contributed by atoms with Gasteiger partial charge in [0.1, 0.15) is 5.75 Å². The summed E-state index contributed by atoms with van der Waals surface area (Å²) in [5.41, 5.74) is 2.91. The Bertz CT molecular complexity index is 797. The summed E-state index contributed by atoms with van der Waals surface area (Å²) in [6, 6.07) is 12.6. The average Bonchev–Trinajstić information content (AvgIpc) is 2.58. The van der Waals surface area contributed by atoms with Crippen molar-refractivity contribution in [1.82, 2.24) is 0 Å². The molecule has 122 valence electrons. The maximum Gasteiger partial charge on any atom is 0.265 e. The molecule has 0 bridgehead atoms. The molecule has 0 saturated carbocycles. The summed E-state index contributed by atoms with van der Waals surface area (Å²) in [4.78, 5) is 25.9. The van der Waals surface area contributed by atoms with Gasteiger partial charge in [0, 0.05) is 17.8 Å². The summed E-state index contributed by atoms with van der Waals surface area (Å²) < 4.78 is 5.43. The summed E-state index contributed by atoms with van der Waals surface area (Å²) in [6.07, 6.45) is 1.66. The molecule has 0 radical (unpaired) electrons. The fourth-order valence-electron chi connectivity index (χ4n) is 2.52. The lowest BCUT2D eigenvalue weighted by Crippen LogP contribution is -2.38. The molecule has 0 fully saturated rings. The van der Waals surface area contributed by atoms with Crippen molar-refractivity contribution in [3.05, 3.63) is 66.2 Å². The third kappa shape index (κ3) is 3.15. The van der Waals surface area contributed by atoms with E-state index in [2.05, 4.69) is 11.9 Å². The molecule has 24 heavy (non-hydrogen) atoms. The first kappa shape index (κ1) is 15.8. The summed E-state index contributed by atoms with van der Waals surface area (Å²) >= 11 is 0. The van der Waals surface area contributed by atoms with Crippen LogP contribution in [0.3, 0.4) is 0 Å². The number of rotatable bonds is 4. The topological polar surface area (TPSA) is 58.6 Å². The Balaban J connectivity index is 1.85. The minimum absolute atomic E-state index is 0.00983. The lowest BCUT2D eigenvalue weighted by atomic mass is 10.1. The van der Waals surface area contributed by atoms with Crippen LogP contribution in [-0.2, 0) is 4.79 Å². The molecule has 2 amide bonds. The van der Waals surface area contributed by atoms with Gasteiger partial charge in [-0.2, -0.15) is 0 Å². The number of anilines is 2. The molecule has 0 spiro atoms. The first-order valence-electron chi connectivity index (χ1n) is 7.64. The SMILES string of the molecule is C=CCN1C(=O)COc2ccc(NC(=O)c3ccc(C)cc3)cc21. The number of amides is 2. The Morgan fingerprint density at radius 3 is 2.75 bits per heavy atom. The monoisotopic (exact) mass is 322 g/mol. The Labute approximate surface area is 140 Å². The predicted molar refractivity (Wildman–Crippen MR) is 93.6 cm³/mol. The zero-order valence-electron chi connectivity index (χ0n) is 13.4. The molecule has 0 aromatic heterocycles. The van der Waals surface area contributed by atoms with Gasteiger partial charge in [0.25, 0.3) is 11.8 Å². The highest BCUT2D eigenvalue weighted by Crippen LogP contribution is 2.34. The van der Waals surface area contributed by atoms with E-state index in [1.807, 2.05) is 19.1 Å². The number of hydrogen-bond donors (Lipinski definition) is 1. The van der Waals surface area contributed by atoms with Crippen molar-refractivity contribution < 1.29 is 14.3 Å². The molecule has 1 N–H and O–H groups in total. The first-order chi connectivity index (χ1) is 11.6. The highest BCUT2D eigenvalue weighted by molar-refractivity contribution is 6.05. The number of ether oxygens (including phenoxy) is 1. The second-order valence-corrected chi connectivity index (χ2v) is 5.58. The number of fused-ring (bicyclic) bond motifs is 1. The highest BCUT2D eigenvalue weighted by Gasteiger charge is 2.25. The van der Waals surface area contributed by atoms with Crippen molar-refractivity contribution in [3.8, 4) is 5.75 Å². The van der Waals surface area contributed by atoms with Crippen LogP contribution in [0.2, 0.25) is 0 Å². The molecule has 0 unspecified atom stereocenters. The lowest BCUT2D eigenvalue weighted by molar-refractivity contribution is -0.121. The van der Waals surface area contributed by atoms with Crippen LogP contribution in [0, 0.1) is 6.92 Å². The average molecular weight is 322 g/mol. The zero-order chi connectivity index (χ0) is 17.1. The van der Waals surface area contributed by atoms with Gasteiger partial charge < -0.3 is 15.0 Å². The minimum Gasteiger partial charge on any atom is -0.482 e. The third-order valence-electron chi connectivity index (χ3n) is 3.79. The molecular formula is C19H18N2O3. The second-order valence-electron chi connectivity index (χ2n) is 5.58. The minimum atomic E-state index is -0.201. The van der Waals surface area contributed by atoms with Crippen molar-refractivity contribution >= 4 is 23.2 Å². The van der Waals surface area contributed by atoms with Gasteiger partial charge in [-0.15, -0.1) is 6.58 Å². The standard InChI is InChI=1S/C19H18N2O3/c1-3-10-21-16-11-15(8-9-17(16)24-12-18(21)22)20-19(23)14-6-4-13(2)5-7-14/h3-9,11H,1,10,12H2,2H3,(H,20,23). The first-order valence-corrected chi connectivity index (χ1v) is 7.64. The Morgan fingerprint density at radius 2 is 2.04 bits per heavy atom. The van der Waals surface area contributed by atoms with E-state index in [1.54, 1.807) is 41.3 Å². The smallest absolute Gasteiger partial charge is 0.265 e. The van der Waals surface area contributed by atoms with E-state index in [4.69, 9.17) is 4.74 Å². The number of carbonyl (C=O) groups excluding carboxylic acids is 2. The number of carbonyl (C=O) groups is 2. The van der Waals surface area contributed by atoms with Gasteiger partial charge in [-0.1, -0.05) is 23.8 Å². The van der Waals surface area contributed by atoms with E-state index >= 15 is 0 Å². The van der Waals surface area contributed by atoms with Gasteiger partial charge in [-0.05, 0) is 37.3 Å². The van der Waals surface area contributed by atoms with Crippen molar-refractivity contribution in [2.45, 2.75) is 6.92 Å². The van der Waals surface area contributed by atoms with Gasteiger partial charge in [-0.25, -0.2) is 0 Å². The Kier molecular flexibility index (Phi) is 4.33. The molecule has 2 aromatic rings. The molecule has 0 atom stereocenters. The summed E-state index contributed by atoms with van der Waals surface area (Å²) in [5.74, 6) is 0.280. The van der Waals surface area contributed by atoms with E-state index in [0.29, 0.717) is 29.2 Å². The van der Waals surface area contributed by atoms with Crippen molar-refractivity contribution in [1.29, 1.82) is 0 Å². The fraction of sp³-hybridized carbons (Fsp3) is 0.158. The highest BCUT2D eigenvalue weighted by atomic mass is 16.5. The Morgan fingerprint density at radius 1 is 1.29 bits per heavy atom. The predicted octanol–water partition coefficient (Wildman–Crippen LogP) is 3.16. The number of nitrogens with zero attached hydrogens (tertiary/aromatic N) is 1. The van der Waals surface area contributed by atoms with Crippen LogP contribution >= 0.6 is 0 Å². The Hall–Kier alpha value is -3.08. The molecule has 0 aliphatic carbocycles. The molecule has 0 saturated heterocycles. The quantitative estimate of drug-likeness (QED) is 0.880. The van der Waals surface area contributed by atoms with Gasteiger partial charge in [-0.3, -0.25) is 9.59 Å². The van der Waals surface area contributed by atoms with Crippen LogP contribution in [0.15, 0.2) is 55.1 Å². The van der Waals surface area contributed by atoms with Crippen LogP contribution in [-0.4, -0.2) is 25.0 Å². The number of nitrogens with one attached hydrogen (secondary N) is 1. The van der Waals surface area contributed by atoms with E-state index in [9.17, 15) is 9.59 Å². The lowest BCUT2D eigenvalue weighted by Gasteiger charge is -2.28. The maximum atomic E-state index is 12.3.